The van der Waals surface area contributed by atoms with Gasteiger partial charge < -0.3 is 16.1 Å². The summed E-state index contributed by atoms with van der Waals surface area (Å²) in [5.74, 6) is -2.10. The summed E-state index contributed by atoms with van der Waals surface area (Å²) in [7, 11) is 0. The molecule has 0 bridgehead atoms. The molecule has 0 atom stereocenters. The molecule has 2 aromatic carbocycles. The fraction of sp³-hybridized carbons (Fsp3) is 0.190. The molecular weight excluding hydrogens is 392 g/mol. The molecule has 0 aliphatic heterocycles. The van der Waals surface area contributed by atoms with Gasteiger partial charge in [-0.05, 0) is 48.7 Å². The lowest BCUT2D eigenvalue weighted by Gasteiger charge is -2.12. The fourth-order valence-corrected chi connectivity index (χ4v) is 2.51. The van der Waals surface area contributed by atoms with Gasteiger partial charge in [0.2, 0.25) is 5.91 Å². The molecule has 0 spiro atoms. The van der Waals surface area contributed by atoms with Crippen molar-refractivity contribution in [1.29, 1.82) is 0 Å². The zero-order valence-electron chi connectivity index (χ0n) is 16.3. The van der Waals surface area contributed by atoms with Crippen molar-refractivity contribution in [2.24, 2.45) is 0 Å². The van der Waals surface area contributed by atoms with Gasteiger partial charge in [0.05, 0.1) is 6.42 Å². The second kappa shape index (κ2) is 10.3. The van der Waals surface area contributed by atoms with Crippen molar-refractivity contribution in [1.82, 2.24) is 10.9 Å². The van der Waals surface area contributed by atoms with Crippen molar-refractivity contribution in [2.75, 3.05) is 10.6 Å². The molecule has 7 nitrogen and oxygen atoms in total. The first kappa shape index (κ1) is 22.0. The standard InChI is InChI=1S/C21H23ClN4O3/c1-4-15-6-9-16(10-7-15)24-20(28)21(29)26-25-14(3)11-19(27)23-17-8-5-13(2)18(22)12-17/h5-10,12,25H,3-4,11H2,1-2H3,(H,23,27)(H,24,28)(H,26,29). The molecule has 152 valence electrons. The van der Waals surface area contributed by atoms with Gasteiger partial charge in [-0.2, -0.15) is 0 Å². The topological polar surface area (TPSA) is 99.3 Å². The van der Waals surface area contributed by atoms with Crippen molar-refractivity contribution >= 4 is 40.7 Å². The lowest BCUT2D eigenvalue weighted by Crippen LogP contribution is -2.43. The first-order valence-electron chi connectivity index (χ1n) is 8.98. The van der Waals surface area contributed by atoms with Gasteiger partial charge >= 0.3 is 11.8 Å². The van der Waals surface area contributed by atoms with Crippen LogP contribution in [0.25, 0.3) is 0 Å². The highest BCUT2D eigenvalue weighted by atomic mass is 35.5. The molecule has 0 aliphatic rings. The van der Waals surface area contributed by atoms with E-state index in [0.717, 1.165) is 17.5 Å². The number of nitrogens with one attached hydrogen (secondary N) is 4. The van der Waals surface area contributed by atoms with Crippen LogP contribution >= 0.6 is 11.6 Å². The Morgan fingerprint density at radius 2 is 1.59 bits per heavy atom. The molecule has 0 radical (unpaired) electrons. The predicted molar refractivity (Wildman–Crippen MR) is 114 cm³/mol. The molecule has 0 saturated carbocycles. The minimum Gasteiger partial charge on any atom is -0.326 e. The van der Waals surface area contributed by atoms with Crippen molar-refractivity contribution in [2.45, 2.75) is 26.7 Å². The number of hydrazine groups is 1. The van der Waals surface area contributed by atoms with E-state index < -0.39 is 11.8 Å². The summed E-state index contributed by atoms with van der Waals surface area (Å²) in [6.07, 6.45) is 0.775. The summed E-state index contributed by atoms with van der Waals surface area (Å²) < 4.78 is 0. The maximum atomic E-state index is 12.0. The summed E-state index contributed by atoms with van der Waals surface area (Å²) in [6.45, 7) is 7.54. The van der Waals surface area contributed by atoms with Crippen LogP contribution in [0.4, 0.5) is 11.4 Å². The number of benzene rings is 2. The molecule has 4 N–H and O–H groups in total. The van der Waals surface area contributed by atoms with E-state index in [0.29, 0.717) is 16.4 Å². The average molecular weight is 415 g/mol. The third-order valence-electron chi connectivity index (χ3n) is 4.01. The summed E-state index contributed by atoms with van der Waals surface area (Å²) in [4.78, 5) is 35.8. The van der Waals surface area contributed by atoms with Gasteiger partial charge in [-0.1, -0.05) is 43.3 Å². The number of aryl methyl sites for hydroxylation is 2. The van der Waals surface area contributed by atoms with Crippen LogP contribution in [-0.2, 0) is 20.8 Å². The SMILES string of the molecule is C=C(CC(=O)Nc1ccc(C)c(Cl)c1)NNC(=O)C(=O)Nc1ccc(CC)cc1. The quantitative estimate of drug-likeness (QED) is 0.412. The van der Waals surface area contributed by atoms with Crippen LogP contribution in [0.3, 0.4) is 0 Å². The van der Waals surface area contributed by atoms with Crippen LogP contribution in [0.5, 0.6) is 0 Å². The van der Waals surface area contributed by atoms with Crippen LogP contribution in [0.1, 0.15) is 24.5 Å². The smallest absolute Gasteiger partial charge is 0.326 e. The Labute approximate surface area is 174 Å². The molecule has 29 heavy (non-hydrogen) atoms. The second-order valence-corrected chi connectivity index (χ2v) is 6.78. The van der Waals surface area contributed by atoms with E-state index in [1.54, 1.807) is 30.3 Å². The van der Waals surface area contributed by atoms with Crippen LogP contribution in [0.15, 0.2) is 54.7 Å². The fourth-order valence-electron chi connectivity index (χ4n) is 2.33. The van der Waals surface area contributed by atoms with E-state index in [4.69, 9.17) is 11.6 Å². The lowest BCUT2D eigenvalue weighted by molar-refractivity contribution is -0.136. The molecule has 0 unspecified atom stereocenters. The predicted octanol–water partition coefficient (Wildman–Crippen LogP) is 3.31. The van der Waals surface area contributed by atoms with Gasteiger partial charge in [0.1, 0.15) is 0 Å². The maximum absolute atomic E-state index is 12.0. The van der Waals surface area contributed by atoms with E-state index in [1.165, 1.54) is 0 Å². The third kappa shape index (κ3) is 6.97. The number of anilines is 2. The number of carbonyl (C=O) groups is 3. The number of hydrogen-bond acceptors (Lipinski definition) is 4. The number of carbonyl (C=O) groups excluding carboxylic acids is 3. The van der Waals surface area contributed by atoms with Gasteiger partial charge in [0.15, 0.2) is 0 Å². The van der Waals surface area contributed by atoms with E-state index in [9.17, 15) is 14.4 Å². The van der Waals surface area contributed by atoms with Crippen LogP contribution in [0.2, 0.25) is 5.02 Å². The van der Waals surface area contributed by atoms with Crippen LogP contribution in [0, 0.1) is 6.92 Å². The molecule has 0 aliphatic carbocycles. The lowest BCUT2D eigenvalue weighted by atomic mass is 10.1. The molecule has 3 amide bonds. The van der Waals surface area contributed by atoms with E-state index in [-0.39, 0.29) is 18.0 Å². The number of amides is 3. The Kier molecular flexibility index (Phi) is 7.79. The molecule has 2 aromatic rings. The molecule has 0 saturated heterocycles. The highest BCUT2D eigenvalue weighted by molar-refractivity contribution is 6.39. The van der Waals surface area contributed by atoms with Gasteiger partial charge in [-0.25, -0.2) is 0 Å². The summed E-state index contributed by atoms with van der Waals surface area (Å²) >= 11 is 6.02. The minimum absolute atomic E-state index is 0.105. The first-order chi connectivity index (χ1) is 13.8. The minimum atomic E-state index is -0.906. The van der Waals surface area contributed by atoms with E-state index >= 15 is 0 Å². The molecule has 0 aromatic heterocycles. The Morgan fingerprint density at radius 1 is 0.931 bits per heavy atom. The van der Waals surface area contributed by atoms with Crippen molar-refractivity contribution in [3.63, 3.8) is 0 Å². The molecule has 0 fully saturated rings. The summed E-state index contributed by atoms with van der Waals surface area (Å²) in [5.41, 5.74) is 7.97. The Bertz CT molecular complexity index is 926. The Hall–Kier alpha value is -3.32. The average Bonchev–Trinajstić information content (AvgIpc) is 2.69. The highest BCUT2D eigenvalue weighted by Gasteiger charge is 2.14. The molecule has 0 heterocycles. The van der Waals surface area contributed by atoms with Crippen molar-refractivity contribution < 1.29 is 14.4 Å². The van der Waals surface area contributed by atoms with Crippen LogP contribution in [-0.4, -0.2) is 17.7 Å². The maximum Gasteiger partial charge on any atom is 0.327 e. The summed E-state index contributed by atoms with van der Waals surface area (Å²) in [5, 5.41) is 5.71. The number of halogens is 1. The summed E-state index contributed by atoms with van der Waals surface area (Å²) in [6, 6.07) is 12.3. The number of rotatable bonds is 7. The van der Waals surface area contributed by atoms with E-state index in [1.807, 2.05) is 26.0 Å². The van der Waals surface area contributed by atoms with Gasteiger partial charge in [-0.3, -0.25) is 19.8 Å². The van der Waals surface area contributed by atoms with Gasteiger partial charge in [-0.15, -0.1) is 0 Å². The molecule has 2 rings (SSSR count). The zero-order chi connectivity index (χ0) is 21.4. The second-order valence-electron chi connectivity index (χ2n) is 6.38. The monoisotopic (exact) mass is 414 g/mol. The van der Waals surface area contributed by atoms with Gasteiger partial charge in [0.25, 0.3) is 0 Å². The largest absolute Gasteiger partial charge is 0.327 e. The zero-order valence-corrected chi connectivity index (χ0v) is 17.0. The highest BCUT2D eigenvalue weighted by Crippen LogP contribution is 2.20. The van der Waals surface area contributed by atoms with Crippen molar-refractivity contribution in [3.8, 4) is 0 Å². The normalized spacial score (nSPS) is 10.0. The Balaban J connectivity index is 1.76. The van der Waals surface area contributed by atoms with Crippen LogP contribution < -0.4 is 21.5 Å². The molecular formula is C21H23ClN4O3. The molecule has 8 heteroatoms. The third-order valence-corrected chi connectivity index (χ3v) is 4.42. The van der Waals surface area contributed by atoms with Crippen molar-refractivity contribution in [3.05, 3.63) is 70.9 Å². The Morgan fingerprint density at radius 3 is 2.21 bits per heavy atom. The first-order valence-corrected chi connectivity index (χ1v) is 9.36. The van der Waals surface area contributed by atoms with Gasteiger partial charge in [0, 0.05) is 22.1 Å². The van der Waals surface area contributed by atoms with E-state index in [2.05, 4.69) is 28.1 Å². The number of hydrogen-bond donors (Lipinski definition) is 4.